The molecule has 7 heteroatoms. The normalized spacial score (nSPS) is 17.8. The molecule has 26 heavy (non-hydrogen) atoms. The molecule has 0 bridgehead atoms. The van der Waals surface area contributed by atoms with Crippen LogP contribution in [0.25, 0.3) is 0 Å². The quantitative estimate of drug-likeness (QED) is 0.817. The summed E-state index contributed by atoms with van der Waals surface area (Å²) in [7, 11) is 0. The highest BCUT2D eigenvalue weighted by Crippen LogP contribution is 2.39. The van der Waals surface area contributed by atoms with Crippen molar-refractivity contribution in [3.8, 4) is 0 Å². The maximum absolute atomic E-state index is 12.0. The van der Waals surface area contributed by atoms with Gasteiger partial charge in [0.25, 0.3) is 5.56 Å². The first-order chi connectivity index (χ1) is 12.6. The molecule has 1 aliphatic heterocycles. The fraction of sp³-hybridized carbons (Fsp3) is 0.579. The highest BCUT2D eigenvalue weighted by Gasteiger charge is 2.26. The van der Waals surface area contributed by atoms with Gasteiger partial charge >= 0.3 is 0 Å². The molecule has 3 heterocycles. The second-order valence-corrected chi connectivity index (χ2v) is 7.66. The van der Waals surface area contributed by atoms with Crippen LogP contribution in [0.2, 0.25) is 0 Å². The van der Waals surface area contributed by atoms with Gasteiger partial charge in [-0.05, 0) is 24.8 Å². The lowest BCUT2D eigenvalue weighted by Gasteiger charge is -2.36. The van der Waals surface area contributed by atoms with Crippen molar-refractivity contribution in [3.05, 3.63) is 40.6 Å². The molecule has 2 aliphatic rings. The van der Waals surface area contributed by atoms with Crippen LogP contribution in [-0.4, -0.2) is 45.9 Å². The molecule has 1 saturated carbocycles. The summed E-state index contributed by atoms with van der Waals surface area (Å²) in [4.78, 5) is 25.4. The van der Waals surface area contributed by atoms with E-state index in [-0.39, 0.29) is 5.56 Å². The molecule has 1 aliphatic carbocycles. The second kappa shape index (κ2) is 7.05. The Bertz CT molecular complexity index is 821. The predicted molar refractivity (Wildman–Crippen MR) is 102 cm³/mol. The van der Waals surface area contributed by atoms with Gasteiger partial charge in [-0.2, -0.15) is 5.10 Å². The fourth-order valence-electron chi connectivity index (χ4n) is 3.38. The van der Waals surface area contributed by atoms with Gasteiger partial charge in [0.05, 0.1) is 0 Å². The number of piperazine rings is 1. The smallest absolute Gasteiger partial charge is 0.266 e. The highest BCUT2D eigenvalue weighted by atomic mass is 16.1. The Morgan fingerprint density at radius 1 is 1.04 bits per heavy atom. The Morgan fingerprint density at radius 2 is 1.73 bits per heavy atom. The number of hydrogen-bond donors (Lipinski definition) is 0. The number of hydrogen-bond acceptors (Lipinski definition) is 6. The molecule has 138 valence electrons. The first-order valence-corrected chi connectivity index (χ1v) is 9.50. The van der Waals surface area contributed by atoms with Crippen molar-refractivity contribution in [2.24, 2.45) is 5.92 Å². The Balaban J connectivity index is 1.43. The third-order valence-corrected chi connectivity index (χ3v) is 4.99. The van der Waals surface area contributed by atoms with Crippen molar-refractivity contribution in [2.75, 3.05) is 36.0 Å². The van der Waals surface area contributed by atoms with Crippen molar-refractivity contribution in [2.45, 2.75) is 39.2 Å². The van der Waals surface area contributed by atoms with Gasteiger partial charge in [0.2, 0.25) is 0 Å². The van der Waals surface area contributed by atoms with Crippen LogP contribution in [0.3, 0.4) is 0 Å². The van der Waals surface area contributed by atoms with E-state index in [4.69, 9.17) is 0 Å². The maximum Gasteiger partial charge on any atom is 0.266 e. The van der Waals surface area contributed by atoms with Crippen molar-refractivity contribution < 1.29 is 0 Å². The molecular formula is C19H26N6O. The van der Waals surface area contributed by atoms with Crippen LogP contribution in [0.4, 0.5) is 11.6 Å². The lowest BCUT2D eigenvalue weighted by Crippen LogP contribution is -2.47. The minimum Gasteiger partial charge on any atom is -0.353 e. The van der Waals surface area contributed by atoms with Crippen LogP contribution >= 0.6 is 0 Å². The van der Waals surface area contributed by atoms with Crippen LogP contribution in [0.5, 0.6) is 0 Å². The molecule has 0 aromatic carbocycles. The molecule has 2 aromatic rings. The molecule has 0 spiro atoms. The van der Waals surface area contributed by atoms with Crippen LogP contribution in [0.15, 0.2) is 29.3 Å². The zero-order chi connectivity index (χ0) is 18.1. The predicted octanol–water partition coefficient (Wildman–Crippen LogP) is 1.89. The van der Waals surface area contributed by atoms with E-state index in [1.165, 1.54) is 18.5 Å². The van der Waals surface area contributed by atoms with E-state index >= 15 is 0 Å². The Morgan fingerprint density at radius 3 is 2.38 bits per heavy atom. The van der Waals surface area contributed by atoms with Crippen LogP contribution < -0.4 is 15.4 Å². The van der Waals surface area contributed by atoms with Crippen LogP contribution in [0, 0.1) is 5.92 Å². The summed E-state index contributed by atoms with van der Waals surface area (Å²) < 4.78 is 1.58. The SMILES string of the molecule is CC(C)Cn1nc(N2CCN(c3cc(C4CC4)ncn3)CC2)ccc1=O. The highest BCUT2D eigenvalue weighted by molar-refractivity contribution is 5.45. The largest absolute Gasteiger partial charge is 0.353 e. The molecule has 1 saturated heterocycles. The average Bonchev–Trinajstić information content (AvgIpc) is 3.49. The van der Waals surface area contributed by atoms with E-state index < -0.39 is 0 Å². The molecule has 0 atom stereocenters. The Hall–Kier alpha value is -2.44. The van der Waals surface area contributed by atoms with Gasteiger partial charge in [-0.3, -0.25) is 4.79 Å². The number of rotatable bonds is 5. The Labute approximate surface area is 153 Å². The monoisotopic (exact) mass is 354 g/mol. The van der Waals surface area contributed by atoms with Gasteiger partial charge in [-0.1, -0.05) is 13.8 Å². The summed E-state index contributed by atoms with van der Waals surface area (Å²) in [5.74, 6) is 2.94. The standard InChI is InChI=1S/C19H26N6O/c1-14(2)12-25-19(26)6-5-17(22-25)23-7-9-24(10-8-23)18-11-16(15-3-4-15)20-13-21-18/h5-6,11,13-15H,3-4,7-10,12H2,1-2H3. The van der Waals surface area contributed by atoms with Crippen LogP contribution in [0.1, 0.15) is 38.3 Å². The van der Waals surface area contributed by atoms with E-state index in [2.05, 4.69) is 44.8 Å². The summed E-state index contributed by atoms with van der Waals surface area (Å²) in [6.45, 7) is 8.37. The zero-order valence-electron chi connectivity index (χ0n) is 15.5. The van der Waals surface area contributed by atoms with E-state index in [9.17, 15) is 4.79 Å². The topological polar surface area (TPSA) is 67.2 Å². The van der Waals surface area contributed by atoms with Gasteiger partial charge in [0.15, 0.2) is 0 Å². The third-order valence-electron chi connectivity index (χ3n) is 4.99. The Kier molecular flexibility index (Phi) is 4.61. The van der Waals surface area contributed by atoms with Gasteiger partial charge in [-0.25, -0.2) is 14.6 Å². The lowest BCUT2D eigenvalue weighted by atomic mass is 10.2. The summed E-state index contributed by atoms with van der Waals surface area (Å²) in [5, 5.41) is 4.57. The van der Waals surface area contributed by atoms with Gasteiger partial charge in [0.1, 0.15) is 18.0 Å². The second-order valence-electron chi connectivity index (χ2n) is 7.66. The minimum atomic E-state index is -0.0327. The molecule has 0 amide bonds. The number of anilines is 2. The number of nitrogens with zero attached hydrogens (tertiary/aromatic N) is 6. The molecule has 2 aromatic heterocycles. The molecule has 4 rings (SSSR count). The first kappa shape index (κ1) is 17.0. The molecule has 0 radical (unpaired) electrons. The summed E-state index contributed by atoms with van der Waals surface area (Å²) in [6, 6.07) is 5.61. The molecular weight excluding hydrogens is 328 g/mol. The van der Waals surface area contributed by atoms with Gasteiger partial charge in [-0.15, -0.1) is 0 Å². The summed E-state index contributed by atoms with van der Waals surface area (Å²) >= 11 is 0. The third kappa shape index (κ3) is 3.71. The fourth-order valence-corrected chi connectivity index (χ4v) is 3.38. The molecule has 2 fully saturated rings. The van der Waals surface area contributed by atoms with Crippen LogP contribution in [-0.2, 0) is 6.54 Å². The van der Waals surface area contributed by atoms with E-state index in [1.807, 2.05) is 6.07 Å². The van der Waals surface area contributed by atoms with E-state index in [0.717, 1.165) is 37.8 Å². The molecule has 7 nitrogen and oxygen atoms in total. The lowest BCUT2D eigenvalue weighted by molar-refractivity contribution is 0.461. The minimum absolute atomic E-state index is 0.0327. The van der Waals surface area contributed by atoms with E-state index in [1.54, 1.807) is 17.1 Å². The van der Waals surface area contributed by atoms with Crippen molar-refractivity contribution >= 4 is 11.6 Å². The van der Waals surface area contributed by atoms with E-state index in [0.29, 0.717) is 18.4 Å². The van der Waals surface area contributed by atoms with Crippen molar-refractivity contribution in [3.63, 3.8) is 0 Å². The average molecular weight is 354 g/mol. The summed E-state index contributed by atoms with van der Waals surface area (Å²) in [6.07, 6.45) is 4.20. The zero-order valence-corrected chi connectivity index (χ0v) is 15.5. The maximum atomic E-state index is 12.0. The van der Waals surface area contributed by atoms with Crippen molar-refractivity contribution in [1.29, 1.82) is 0 Å². The first-order valence-electron chi connectivity index (χ1n) is 9.50. The van der Waals surface area contributed by atoms with Gasteiger partial charge < -0.3 is 9.80 Å². The molecule has 0 unspecified atom stereocenters. The summed E-state index contributed by atoms with van der Waals surface area (Å²) in [5.41, 5.74) is 1.15. The number of aromatic nitrogens is 4. The van der Waals surface area contributed by atoms with Gasteiger partial charge in [0, 0.05) is 56.5 Å². The van der Waals surface area contributed by atoms with Crippen molar-refractivity contribution in [1.82, 2.24) is 19.7 Å². The molecule has 0 N–H and O–H groups in total.